The summed E-state index contributed by atoms with van der Waals surface area (Å²) in [6, 6.07) is 21.9. The quantitative estimate of drug-likeness (QED) is 0.755. The first-order chi connectivity index (χ1) is 10.6. The molecule has 0 saturated heterocycles. The Morgan fingerprint density at radius 2 is 1.18 bits per heavy atom. The first-order valence-electron chi connectivity index (χ1n) is 6.87. The van der Waals surface area contributed by atoms with E-state index in [0.717, 1.165) is 16.7 Å². The summed E-state index contributed by atoms with van der Waals surface area (Å²) in [6.45, 7) is 0. The zero-order chi connectivity index (χ0) is 15.5. The molecule has 3 rings (SSSR count). The molecule has 22 heavy (non-hydrogen) atoms. The van der Waals surface area contributed by atoms with Crippen LogP contribution < -0.4 is 5.43 Å². The van der Waals surface area contributed by atoms with Gasteiger partial charge in [0.15, 0.2) is 5.75 Å². The SMILES string of the molecule is O=c1cc(-c2cccc(-c3ccccc3)c2)ccc(O)c1O. The Morgan fingerprint density at radius 1 is 0.591 bits per heavy atom. The molecule has 0 saturated carbocycles. The monoisotopic (exact) mass is 290 g/mol. The molecule has 0 aliphatic carbocycles. The van der Waals surface area contributed by atoms with Crippen LogP contribution in [0.3, 0.4) is 0 Å². The van der Waals surface area contributed by atoms with Gasteiger partial charge in [0.1, 0.15) is 0 Å². The Bertz CT molecular complexity index is 871. The molecule has 3 aromatic rings. The zero-order valence-corrected chi connectivity index (χ0v) is 11.7. The van der Waals surface area contributed by atoms with E-state index in [9.17, 15) is 15.0 Å². The van der Waals surface area contributed by atoms with E-state index in [0.29, 0.717) is 5.56 Å². The number of benzene rings is 2. The second-order valence-corrected chi connectivity index (χ2v) is 4.98. The molecule has 0 radical (unpaired) electrons. The van der Waals surface area contributed by atoms with Crippen molar-refractivity contribution in [2.75, 3.05) is 0 Å². The highest BCUT2D eigenvalue weighted by Crippen LogP contribution is 2.27. The van der Waals surface area contributed by atoms with E-state index in [-0.39, 0.29) is 0 Å². The number of rotatable bonds is 2. The number of hydrogen-bond acceptors (Lipinski definition) is 3. The standard InChI is InChI=1S/C19H14O3/c20-17-10-9-16(12-18(21)19(17)22)15-8-4-7-14(11-15)13-5-2-1-3-6-13/h1-12H,(H2,20,21,22). The average Bonchev–Trinajstić information content (AvgIpc) is 2.69. The summed E-state index contributed by atoms with van der Waals surface area (Å²) in [6.07, 6.45) is 0. The van der Waals surface area contributed by atoms with Crippen LogP contribution in [0.5, 0.6) is 11.5 Å². The molecule has 108 valence electrons. The Hall–Kier alpha value is -3.07. The molecule has 0 aliphatic rings. The molecule has 0 atom stereocenters. The Kier molecular flexibility index (Phi) is 3.62. The van der Waals surface area contributed by atoms with E-state index in [1.54, 1.807) is 6.07 Å². The fourth-order valence-corrected chi connectivity index (χ4v) is 2.32. The van der Waals surface area contributed by atoms with E-state index >= 15 is 0 Å². The Balaban J connectivity index is 2.13. The lowest BCUT2D eigenvalue weighted by Gasteiger charge is -2.04. The highest BCUT2D eigenvalue weighted by molar-refractivity contribution is 5.73. The van der Waals surface area contributed by atoms with Gasteiger partial charge in [0.2, 0.25) is 11.2 Å². The molecular formula is C19H14O3. The molecule has 3 nitrogen and oxygen atoms in total. The van der Waals surface area contributed by atoms with Gasteiger partial charge < -0.3 is 10.2 Å². The first kappa shape index (κ1) is 13.9. The van der Waals surface area contributed by atoms with Crippen LogP contribution in [-0.4, -0.2) is 10.2 Å². The average molecular weight is 290 g/mol. The van der Waals surface area contributed by atoms with Gasteiger partial charge in [-0.1, -0.05) is 54.6 Å². The highest BCUT2D eigenvalue weighted by Gasteiger charge is 2.06. The fraction of sp³-hybridized carbons (Fsp3) is 0. The Morgan fingerprint density at radius 3 is 1.91 bits per heavy atom. The lowest BCUT2D eigenvalue weighted by Crippen LogP contribution is -1.94. The van der Waals surface area contributed by atoms with Crippen molar-refractivity contribution in [3.05, 3.63) is 83.0 Å². The summed E-state index contributed by atoms with van der Waals surface area (Å²) in [5.41, 5.74) is 2.98. The van der Waals surface area contributed by atoms with Gasteiger partial charge in [0, 0.05) is 0 Å². The van der Waals surface area contributed by atoms with Gasteiger partial charge in [0.05, 0.1) is 0 Å². The van der Waals surface area contributed by atoms with Crippen LogP contribution in [0, 0.1) is 0 Å². The van der Waals surface area contributed by atoms with Crippen molar-refractivity contribution in [1.29, 1.82) is 0 Å². The van der Waals surface area contributed by atoms with Crippen molar-refractivity contribution in [3.63, 3.8) is 0 Å². The largest absolute Gasteiger partial charge is 0.504 e. The summed E-state index contributed by atoms with van der Waals surface area (Å²) >= 11 is 0. The number of aromatic hydroxyl groups is 2. The van der Waals surface area contributed by atoms with Crippen molar-refractivity contribution in [3.8, 4) is 33.8 Å². The van der Waals surface area contributed by atoms with Crippen LogP contribution in [0.15, 0.2) is 77.6 Å². The molecule has 0 aromatic heterocycles. The maximum atomic E-state index is 11.8. The fourth-order valence-electron chi connectivity index (χ4n) is 2.32. The molecule has 0 unspecified atom stereocenters. The third-order valence-corrected chi connectivity index (χ3v) is 3.49. The van der Waals surface area contributed by atoms with Gasteiger partial charge in [-0.05, 0) is 40.5 Å². The van der Waals surface area contributed by atoms with E-state index in [2.05, 4.69) is 0 Å². The summed E-state index contributed by atoms with van der Waals surface area (Å²) in [4.78, 5) is 11.8. The summed E-state index contributed by atoms with van der Waals surface area (Å²) < 4.78 is 0. The molecule has 2 N–H and O–H groups in total. The van der Waals surface area contributed by atoms with Crippen molar-refractivity contribution >= 4 is 0 Å². The van der Waals surface area contributed by atoms with E-state index in [1.807, 2.05) is 54.6 Å². The molecule has 3 heteroatoms. The van der Waals surface area contributed by atoms with Crippen LogP contribution in [0.4, 0.5) is 0 Å². The highest BCUT2D eigenvalue weighted by atomic mass is 16.3. The maximum Gasteiger partial charge on any atom is 0.224 e. The molecule has 3 aromatic carbocycles. The van der Waals surface area contributed by atoms with E-state index < -0.39 is 16.9 Å². The van der Waals surface area contributed by atoms with Crippen LogP contribution in [-0.2, 0) is 0 Å². The molecule has 0 aliphatic heterocycles. The third kappa shape index (κ3) is 2.69. The van der Waals surface area contributed by atoms with Crippen LogP contribution in [0.1, 0.15) is 0 Å². The summed E-state index contributed by atoms with van der Waals surface area (Å²) in [7, 11) is 0. The van der Waals surface area contributed by atoms with Gasteiger partial charge in [0.25, 0.3) is 0 Å². The summed E-state index contributed by atoms with van der Waals surface area (Å²) in [5, 5.41) is 19.0. The van der Waals surface area contributed by atoms with Crippen molar-refractivity contribution < 1.29 is 10.2 Å². The predicted molar refractivity (Wildman–Crippen MR) is 86.9 cm³/mol. The minimum Gasteiger partial charge on any atom is -0.504 e. The van der Waals surface area contributed by atoms with Gasteiger partial charge >= 0.3 is 0 Å². The van der Waals surface area contributed by atoms with Crippen LogP contribution >= 0.6 is 0 Å². The zero-order valence-electron chi connectivity index (χ0n) is 11.7. The minimum atomic E-state index is -0.634. The van der Waals surface area contributed by atoms with Crippen molar-refractivity contribution in [1.82, 2.24) is 0 Å². The Labute approximate surface area is 127 Å². The lowest BCUT2D eigenvalue weighted by molar-refractivity contribution is 0.402. The van der Waals surface area contributed by atoms with Gasteiger partial charge in [-0.2, -0.15) is 0 Å². The van der Waals surface area contributed by atoms with E-state index in [4.69, 9.17) is 0 Å². The lowest BCUT2D eigenvalue weighted by atomic mass is 10.00. The van der Waals surface area contributed by atoms with Gasteiger partial charge in [-0.3, -0.25) is 4.79 Å². The smallest absolute Gasteiger partial charge is 0.224 e. The molecule has 0 spiro atoms. The van der Waals surface area contributed by atoms with Crippen molar-refractivity contribution in [2.45, 2.75) is 0 Å². The van der Waals surface area contributed by atoms with Crippen LogP contribution in [0.25, 0.3) is 22.3 Å². The van der Waals surface area contributed by atoms with E-state index in [1.165, 1.54) is 12.1 Å². The second kappa shape index (κ2) is 5.74. The second-order valence-electron chi connectivity index (χ2n) is 4.98. The van der Waals surface area contributed by atoms with Crippen molar-refractivity contribution in [2.24, 2.45) is 0 Å². The molecule has 0 amide bonds. The number of hydrogen-bond donors (Lipinski definition) is 2. The normalized spacial score (nSPS) is 10.4. The molecular weight excluding hydrogens is 276 g/mol. The predicted octanol–water partition coefficient (Wildman–Crippen LogP) is 3.79. The molecule has 0 bridgehead atoms. The van der Waals surface area contributed by atoms with Gasteiger partial charge in [-0.25, -0.2) is 0 Å². The maximum absolute atomic E-state index is 11.8. The third-order valence-electron chi connectivity index (χ3n) is 3.49. The summed E-state index contributed by atoms with van der Waals surface area (Å²) in [5.74, 6) is -1.05. The molecule has 0 heterocycles. The molecule has 0 fully saturated rings. The van der Waals surface area contributed by atoms with Crippen LogP contribution in [0.2, 0.25) is 0 Å². The first-order valence-corrected chi connectivity index (χ1v) is 6.87. The topological polar surface area (TPSA) is 57.5 Å². The minimum absolute atomic E-state index is 0.421. The van der Waals surface area contributed by atoms with Gasteiger partial charge in [-0.15, -0.1) is 0 Å².